The van der Waals surface area contributed by atoms with Crippen LogP contribution in [0.1, 0.15) is 32.7 Å². The van der Waals surface area contributed by atoms with E-state index in [9.17, 15) is 9.59 Å². The topological polar surface area (TPSA) is 66.9 Å². The molecule has 5 nitrogen and oxygen atoms in total. The van der Waals surface area contributed by atoms with E-state index in [1.54, 1.807) is 13.8 Å². The molecule has 0 radical (unpaired) electrons. The number of rotatable bonds is 7. The maximum Gasteiger partial charge on any atom is 0.330 e. The molecule has 19 heavy (non-hydrogen) atoms. The zero-order chi connectivity index (χ0) is 14.3. The van der Waals surface area contributed by atoms with Crippen LogP contribution < -0.4 is 16.6 Å². The minimum absolute atomic E-state index is 0.149. The molecular formula is C14H21N3O2. The van der Waals surface area contributed by atoms with Gasteiger partial charge in [0.05, 0.1) is 0 Å². The van der Waals surface area contributed by atoms with Crippen LogP contribution in [0.5, 0.6) is 0 Å². The Bertz CT molecular complexity index is 521. The highest BCUT2D eigenvalue weighted by Gasteiger charge is 2.06. The van der Waals surface area contributed by atoms with E-state index in [1.165, 1.54) is 10.6 Å². The molecule has 0 atom stereocenters. The molecule has 0 spiro atoms. The normalized spacial score (nSPS) is 11.1. The third-order valence-corrected chi connectivity index (χ3v) is 2.60. The quantitative estimate of drug-likeness (QED) is 0.584. The fraction of sp³-hybridized carbons (Fsp3) is 0.429. The lowest BCUT2D eigenvalue weighted by atomic mass is 10.3. The van der Waals surface area contributed by atoms with Gasteiger partial charge in [-0.25, -0.2) is 4.79 Å². The summed E-state index contributed by atoms with van der Waals surface area (Å²) in [5.74, 6) is 0.445. The second-order valence-corrected chi connectivity index (χ2v) is 4.51. The Morgan fingerprint density at radius 2 is 2.11 bits per heavy atom. The summed E-state index contributed by atoms with van der Waals surface area (Å²) in [6.07, 6.45) is 7.73. The van der Waals surface area contributed by atoms with Crippen LogP contribution in [0.25, 0.3) is 0 Å². The summed E-state index contributed by atoms with van der Waals surface area (Å²) in [5, 5.41) is 2.99. The number of hydrogen-bond acceptors (Lipinski definition) is 3. The minimum atomic E-state index is -0.388. The van der Waals surface area contributed by atoms with Gasteiger partial charge in [0, 0.05) is 18.7 Å². The van der Waals surface area contributed by atoms with Gasteiger partial charge >= 0.3 is 5.69 Å². The number of aromatic nitrogens is 2. The Hall–Kier alpha value is -2.04. The molecule has 2 N–H and O–H groups in total. The van der Waals surface area contributed by atoms with Crippen LogP contribution in [-0.4, -0.2) is 16.1 Å². The summed E-state index contributed by atoms with van der Waals surface area (Å²) in [6.45, 7) is 7.80. The SMILES string of the molecule is C=CCC/C=C/CNc1cc(=O)n(C(C)C)c(=O)[nH]1. The third-order valence-electron chi connectivity index (χ3n) is 2.60. The highest BCUT2D eigenvalue weighted by molar-refractivity contribution is 5.32. The van der Waals surface area contributed by atoms with Gasteiger partial charge < -0.3 is 5.32 Å². The van der Waals surface area contributed by atoms with Crippen LogP contribution in [0.4, 0.5) is 5.82 Å². The fourth-order valence-corrected chi connectivity index (χ4v) is 1.67. The van der Waals surface area contributed by atoms with E-state index in [-0.39, 0.29) is 17.3 Å². The van der Waals surface area contributed by atoms with E-state index >= 15 is 0 Å². The molecule has 0 saturated carbocycles. The first-order valence-electron chi connectivity index (χ1n) is 6.42. The Balaban J connectivity index is 2.66. The lowest BCUT2D eigenvalue weighted by Gasteiger charge is -2.09. The van der Waals surface area contributed by atoms with Gasteiger partial charge in [0.1, 0.15) is 5.82 Å². The number of unbranched alkanes of at least 4 members (excludes halogenated alkanes) is 1. The highest BCUT2D eigenvalue weighted by atomic mass is 16.2. The van der Waals surface area contributed by atoms with E-state index < -0.39 is 0 Å². The van der Waals surface area contributed by atoms with Crippen molar-refractivity contribution in [1.29, 1.82) is 0 Å². The van der Waals surface area contributed by atoms with Crippen molar-refractivity contribution in [1.82, 2.24) is 9.55 Å². The molecule has 0 fully saturated rings. The monoisotopic (exact) mass is 263 g/mol. The highest BCUT2D eigenvalue weighted by Crippen LogP contribution is 1.98. The van der Waals surface area contributed by atoms with Crippen molar-refractivity contribution in [3.05, 3.63) is 51.7 Å². The Labute approximate surface area is 112 Å². The van der Waals surface area contributed by atoms with Crippen molar-refractivity contribution in [3.63, 3.8) is 0 Å². The number of nitrogens with one attached hydrogen (secondary N) is 2. The largest absolute Gasteiger partial charge is 0.368 e. The third kappa shape index (κ3) is 4.62. The predicted molar refractivity (Wildman–Crippen MR) is 78.8 cm³/mol. The molecule has 1 aromatic heterocycles. The van der Waals surface area contributed by atoms with Gasteiger partial charge in [-0.05, 0) is 26.7 Å². The molecule has 0 aliphatic carbocycles. The summed E-state index contributed by atoms with van der Waals surface area (Å²) in [5.41, 5.74) is -0.683. The standard InChI is InChI=1S/C14H21N3O2/c1-4-5-6-7-8-9-15-12-10-13(18)17(11(2)3)14(19)16-12/h4,7-8,10-11,15H,1,5-6,9H2,2-3H3,(H,16,19)/b8-7+. The van der Waals surface area contributed by atoms with Gasteiger partial charge in [0.25, 0.3) is 5.56 Å². The summed E-state index contributed by atoms with van der Waals surface area (Å²) >= 11 is 0. The van der Waals surface area contributed by atoms with Crippen molar-refractivity contribution >= 4 is 5.82 Å². The molecule has 1 aromatic rings. The van der Waals surface area contributed by atoms with Crippen molar-refractivity contribution in [2.24, 2.45) is 0 Å². The molecule has 104 valence electrons. The fourth-order valence-electron chi connectivity index (χ4n) is 1.67. The number of nitrogens with zero attached hydrogens (tertiary/aromatic N) is 1. The lowest BCUT2D eigenvalue weighted by molar-refractivity contribution is 0.546. The first-order valence-corrected chi connectivity index (χ1v) is 6.42. The molecule has 0 bridgehead atoms. The van der Waals surface area contributed by atoms with E-state index in [4.69, 9.17) is 0 Å². The van der Waals surface area contributed by atoms with Crippen molar-refractivity contribution in [3.8, 4) is 0 Å². The summed E-state index contributed by atoms with van der Waals surface area (Å²) in [6, 6.07) is 1.25. The number of allylic oxidation sites excluding steroid dienone is 2. The van der Waals surface area contributed by atoms with Crippen LogP contribution in [0.3, 0.4) is 0 Å². The molecular weight excluding hydrogens is 242 g/mol. The second kappa shape index (κ2) is 7.41. The molecule has 1 rings (SSSR count). The first-order chi connectivity index (χ1) is 9.06. The van der Waals surface area contributed by atoms with Gasteiger partial charge in [-0.1, -0.05) is 18.2 Å². The summed E-state index contributed by atoms with van der Waals surface area (Å²) < 4.78 is 1.19. The van der Waals surface area contributed by atoms with E-state index in [1.807, 2.05) is 18.2 Å². The molecule has 0 aliphatic rings. The summed E-state index contributed by atoms with van der Waals surface area (Å²) in [4.78, 5) is 26.1. The lowest BCUT2D eigenvalue weighted by Crippen LogP contribution is -2.36. The molecule has 0 aliphatic heterocycles. The van der Waals surface area contributed by atoms with E-state index in [2.05, 4.69) is 16.9 Å². The molecule has 5 heteroatoms. The van der Waals surface area contributed by atoms with Crippen molar-refractivity contribution < 1.29 is 0 Å². The van der Waals surface area contributed by atoms with Crippen LogP contribution in [-0.2, 0) is 0 Å². The second-order valence-electron chi connectivity index (χ2n) is 4.51. The smallest absolute Gasteiger partial charge is 0.330 e. The number of hydrogen-bond donors (Lipinski definition) is 2. The maximum absolute atomic E-state index is 11.8. The number of H-pyrrole nitrogens is 1. The van der Waals surface area contributed by atoms with Gasteiger partial charge in [-0.3, -0.25) is 14.3 Å². The van der Waals surface area contributed by atoms with Crippen LogP contribution in [0.15, 0.2) is 40.5 Å². The average molecular weight is 263 g/mol. The van der Waals surface area contributed by atoms with Gasteiger partial charge in [-0.2, -0.15) is 0 Å². The summed E-state index contributed by atoms with van der Waals surface area (Å²) in [7, 11) is 0. The average Bonchev–Trinajstić information content (AvgIpc) is 2.32. The van der Waals surface area contributed by atoms with Gasteiger partial charge in [0.2, 0.25) is 0 Å². The first kappa shape index (κ1) is 15.0. The molecule has 0 saturated heterocycles. The zero-order valence-corrected chi connectivity index (χ0v) is 11.5. The predicted octanol–water partition coefficient (Wildman–Crippen LogP) is 2.05. The Morgan fingerprint density at radius 1 is 1.37 bits per heavy atom. The Kier molecular flexibility index (Phi) is 5.85. The van der Waals surface area contributed by atoms with Crippen LogP contribution in [0.2, 0.25) is 0 Å². The van der Waals surface area contributed by atoms with Crippen LogP contribution >= 0.6 is 0 Å². The molecule has 0 unspecified atom stereocenters. The molecule has 0 aromatic carbocycles. The van der Waals surface area contributed by atoms with Gasteiger partial charge in [-0.15, -0.1) is 6.58 Å². The van der Waals surface area contributed by atoms with E-state index in [0.29, 0.717) is 12.4 Å². The van der Waals surface area contributed by atoms with Crippen molar-refractivity contribution in [2.75, 3.05) is 11.9 Å². The zero-order valence-electron chi connectivity index (χ0n) is 11.5. The maximum atomic E-state index is 11.8. The van der Waals surface area contributed by atoms with Gasteiger partial charge in [0.15, 0.2) is 0 Å². The molecule has 0 amide bonds. The number of anilines is 1. The van der Waals surface area contributed by atoms with Crippen LogP contribution in [0, 0.1) is 0 Å². The number of aromatic amines is 1. The molecule has 1 heterocycles. The van der Waals surface area contributed by atoms with Crippen molar-refractivity contribution in [2.45, 2.75) is 32.7 Å². The minimum Gasteiger partial charge on any atom is -0.368 e. The Morgan fingerprint density at radius 3 is 2.68 bits per heavy atom. The van der Waals surface area contributed by atoms with E-state index in [0.717, 1.165) is 12.8 Å².